The molecule has 0 aliphatic carbocycles. The number of hydrogen-bond donors (Lipinski definition) is 2. The third-order valence-corrected chi connectivity index (χ3v) is 4.56. The van der Waals surface area contributed by atoms with Gasteiger partial charge in [-0.25, -0.2) is 0 Å². The van der Waals surface area contributed by atoms with E-state index in [9.17, 15) is 22.8 Å². The molecule has 2 aromatic carbocycles. The van der Waals surface area contributed by atoms with E-state index < -0.39 is 17.7 Å². The predicted octanol–water partition coefficient (Wildman–Crippen LogP) is 4.19. The molecule has 0 spiro atoms. The van der Waals surface area contributed by atoms with Gasteiger partial charge < -0.3 is 15.0 Å². The van der Waals surface area contributed by atoms with Crippen LogP contribution < -0.4 is 5.32 Å². The van der Waals surface area contributed by atoms with E-state index in [1.54, 1.807) is 10.8 Å². The maximum atomic E-state index is 12.5. The Morgan fingerprint density at radius 3 is 2.48 bits per heavy atom. The van der Waals surface area contributed by atoms with E-state index in [2.05, 4.69) is 17.2 Å². The maximum Gasteiger partial charge on any atom is 0.416 e. The summed E-state index contributed by atoms with van der Waals surface area (Å²) in [6, 6.07) is 11.9. The molecule has 0 aliphatic heterocycles. The highest BCUT2D eigenvalue weighted by Crippen LogP contribution is 2.28. The van der Waals surface area contributed by atoms with Gasteiger partial charge in [0.15, 0.2) is 0 Å². The van der Waals surface area contributed by atoms with Crippen molar-refractivity contribution in [1.82, 2.24) is 9.88 Å². The molecule has 0 atom stereocenters. The van der Waals surface area contributed by atoms with Crippen molar-refractivity contribution in [2.75, 3.05) is 0 Å². The van der Waals surface area contributed by atoms with Crippen molar-refractivity contribution in [2.24, 2.45) is 0 Å². The van der Waals surface area contributed by atoms with Crippen molar-refractivity contribution < 1.29 is 27.9 Å². The predicted molar refractivity (Wildman–Crippen MR) is 109 cm³/mol. The number of carbonyl (C=O) groups is 2. The molecule has 160 valence electrons. The molecular weight excluding hydrogens is 409 g/mol. The molecule has 0 unspecified atom stereocenters. The normalized spacial score (nSPS) is 11.1. The summed E-state index contributed by atoms with van der Waals surface area (Å²) in [5.41, 5.74) is 1.33. The zero-order valence-electron chi connectivity index (χ0n) is 16.4. The Morgan fingerprint density at radius 1 is 1.06 bits per heavy atom. The Morgan fingerprint density at radius 2 is 1.81 bits per heavy atom. The van der Waals surface area contributed by atoms with Crippen LogP contribution in [0.5, 0.6) is 0 Å². The first-order valence-electron chi connectivity index (χ1n) is 9.45. The average Bonchev–Trinajstić information content (AvgIpc) is 3.11. The fourth-order valence-corrected chi connectivity index (χ4v) is 3.00. The van der Waals surface area contributed by atoms with E-state index in [0.717, 1.165) is 28.6 Å². The summed E-state index contributed by atoms with van der Waals surface area (Å²) in [6.07, 6.45) is -2.25. The highest BCUT2D eigenvalue weighted by Gasteiger charge is 2.29. The van der Waals surface area contributed by atoms with E-state index >= 15 is 0 Å². The van der Waals surface area contributed by atoms with Gasteiger partial charge in [0, 0.05) is 36.7 Å². The molecule has 0 radical (unpaired) electrons. The molecule has 3 rings (SSSR count). The number of benzene rings is 2. The number of aliphatic carboxylic acids is 1. The zero-order valence-corrected chi connectivity index (χ0v) is 16.4. The lowest BCUT2D eigenvalue weighted by Crippen LogP contribution is -2.22. The minimum absolute atomic E-state index is 0.142. The van der Waals surface area contributed by atoms with Gasteiger partial charge in [-0.05, 0) is 47.3 Å². The third-order valence-electron chi connectivity index (χ3n) is 4.56. The number of nitrogens with zero attached hydrogens (tertiary/aromatic N) is 1. The number of alkyl halides is 3. The molecule has 1 amide bonds. The zero-order chi connectivity index (χ0) is 22.4. The van der Waals surface area contributed by atoms with Crippen LogP contribution in [0.1, 0.15) is 29.5 Å². The fourth-order valence-electron chi connectivity index (χ4n) is 3.00. The summed E-state index contributed by atoms with van der Waals surface area (Å²) in [5, 5.41) is 12.7. The van der Waals surface area contributed by atoms with E-state index in [1.165, 1.54) is 12.1 Å². The van der Waals surface area contributed by atoms with E-state index in [1.807, 2.05) is 24.3 Å². The molecule has 0 saturated heterocycles. The Bertz CT molecular complexity index is 1150. The maximum absolute atomic E-state index is 12.5. The van der Waals surface area contributed by atoms with Gasteiger partial charge in [-0.2, -0.15) is 13.2 Å². The second kappa shape index (κ2) is 9.39. The van der Waals surface area contributed by atoms with Crippen LogP contribution in [0.25, 0.3) is 10.9 Å². The molecule has 8 heteroatoms. The first-order chi connectivity index (χ1) is 14.7. The lowest BCUT2D eigenvalue weighted by atomic mass is 10.1. The number of halogens is 3. The van der Waals surface area contributed by atoms with Gasteiger partial charge in [-0.1, -0.05) is 24.0 Å². The second-order valence-electron chi connectivity index (χ2n) is 6.88. The van der Waals surface area contributed by atoms with Gasteiger partial charge in [0.1, 0.15) is 6.54 Å². The van der Waals surface area contributed by atoms with Gasteiger partial charge in [0.2, 0.25) is 5.91 Å². The van der Waals surface area contributed by atoms with Crippen LogP contribution in [-0.4, -0.2) is 21.6 Å². The van der Waals surface area contributed by atoms with E-state index in [-0.39, 0.29) is 25.3 Å². The minimum atomic E-state index is -4.38. The van der Waals surface area contributed by atoms with Gasteiger partial charge in [0.05, 0.1) is 5.56 Å². The van der Waals surface area contributed by atoms with Crippen LogP contribution in [0.2, 0.25) is 0 Å². The molecule has 31 heavy (non-hydrogen) atoms. The number of carbonyl (C=O) groups excluding carboxylic acids is 1. The lowest BCUT2D eigenvalue weighted by molar-refractivity contribution is -0.138. The summed E-state index contributed by atoms with van der Waals surface area (Å²) in [5.74, 6) is 4.39. The first kappa shape index (κ1) is 22.0. The highest BCUT2D eigenvalue weighted by molar-refractivity contribution is 5.82. The number of carboxylic acids is 1. The molecule has 0 aliphatic rings. The average molecular weight is 428 g/mol. The number of nitrogens with one attached hydrogen (secondary N) is 1. The number of hydrogen-bond acceptors (Lipinski definition) is 2. The van der Waals surface area contributed by atoms with Crippen LogP contribution in [0.15, 0.2) is 54.7 Å². The van der Waals surface area contributed by atoms with Crippen LogP contribution in [0, 0.1) is 11.8 Å². The Balaban J connectivity index is 1.50. The monoisotopic (exact) mass is 428 g/mol. The molecule has 0 bridgehead atoms. The molecule has 0 saturated carbocycles. The second-order valence-corrected chi connectivity index (χ2v) is 6.88. The van der Waals surface area contributed by atoms with Gasteiger partial charge >= 0.3 is 12.1 Å². The highest BCUT2D eigenvalue weighted by atomic mass is 19.4. The SMILES string of the molecule is O=C(O)Cn1ccc2ccc(CNC(=O)CCC#Cc3ccc(C(F)(F)F)cc3)cc21. The summed E-state index contributed by atoms with van der Waals surface area (Å²) in [7, 11) is 0. The van der Waals surface area contributed by atoms with Gasteiger partial charge in [-0.15, -0.1) is 0 Å². The van der Waals surface area contributed by atoms with Crippen molar-refractivity contribution in [3.05, 3.63) is 71.4 Å². The number of rotatable bonds is 6. The molecule has 2 N–H and O–H groups in total. The number of aromatic nitrogens is 1. The van der Waals surface area contributed by atoms with Crippen molar-refractivity contribution in [3.8, 4) is 11.8 Å². The van der Waals surface area contributed by atoms with Crippen LogP contribution in [-0.2, 0) is 28.9 Å². The molecule has 3 aromatic rings. The summed E-state index contributed by atoms with van der Waals surface area (Å²) >= 11 is 0. The molecular formula is C23H19F3N2O3. The molecule has 5 nitrogen and oxygen atoms in total. The smallest absolute Gasteiger partial charge is 0.416 e. The first-order valence-corrected chi connectivity index (χ1v) is 9.45. The minimum Gasteiger partial charge on any atom is -0.480 e. The van der Waals surface area contributed by atoms with Crippen LogP contribution in [0.3, 0.4) is 0 Å². The van der Waals surface area contributed by atoms with E-state index in [0.29, 0.717) is 12.1 Å². The summed E-state index contributed by atoms with van der Waals surface area (Å²) < 4.78 is 39.2. The van der Waals surface area contributed by atoms with E-state index in [4.69, 9.17) is 5.11 Å². The fraction of sp³-hybridized carbons (Fsp3) is 0.217. The van der Waals surface area contributed by atoms with Crippen molar-refractivity contribution in [1.29, 1.82) is 0 Å². The van der Waals surface area contributed by atoms with Crippen molar-refractivity contribution >= 4 is 22.8 Å². The van der Waals surface area contributed by atoms with Crippen LogP contribution in [0.4, 0.5) is 13.2 Å². The standard InChI is InChI=1S/C23H19F3N2O3/c24-23(25,26)19-9-6-16(7-10-19)3-1-2-4-21(29)27-14-17-5-8-18-11-12-28(15-22(30)31)20(18)13-17/h5-13H,2,4,14-15H2,(H,27,29)(H,30,31). The molecule has 1 aromatic heterocycles. The molecule has 1 heterocycles. The number of carboxylic acid groups (broad SMARTS) is 1. The summed E-state index contributed by atoms with van der Waals surface area (Å²) in [6.45, 7) is 0.149. The number of amides is 1. The lowest BCUT2D eigenvalue weighted by Gasteiger charge is -2.06. The topological polar surface area (TPSA) is 71.3 Å². The van der Waals surface area contributed by atoms with Crippen LogP contribution >= 0.6 is 0 Å². The quantitative estimate of drug-likeness (QED) is 0.579. The van der Waals surface area contributed by atoms with Crippen molar-refractivity contribution in [3.63, 3.8) is 0 Å². The van der Waals surface area contributed by atoms with Gasteiger partial charge in [-0.3, -0.25) is 9.59 Å². The number of fused-ring (bicyclic) bond motifs is 1. The Hall–Kier alpha value is -3.73. The molecule has 0 fully saturated rings. The Labute approximate surface area is 176 Å². The van der Waals surface area contributed by atoms with Crippen molar-refractivity contribution in [2.45, 2.75) is 32.1 Å². The van der Waals surface area contributed by atoms with Gasteiger partial charge in [0.25, 0.3) is 0 Å². The third kappa shape index (κ3) is 6.12. The summed E-state index contributed by atoms with van der Waals surface area (Å²) in [4.78, 5) is 23.0. The largest absolute Gasteiger partial charge is 0.480 e. The Kier molecular flexibility index (Phi) is 6.65.